The van der Waals surface area contributed by atoms with Crippen LogP contribution in [0.15, 0.2) is 60.8 Å². The van der Waals surface area contributed by atoms with Crippen molar-refractivity contribution in [3.8, 4) is 11.8 Å². The Bertz CT molecular complexity index is 1990. The number of anilines is 2. The van der Waals surface area contributed by atoms with Gasteiger partial charge < -0.3 is 30.7 Å². The Kier molecular flexibility index (Phi) is 13.8. The highest BCUT2D eigenvalue weighted by Crippen LogP contribution is 2.33. The van der Waals surface area contributed by atoms with E-state index < -0.39 is 47.4 Å². The predicted molar refractivity (Wildman–Crippen MR) is 199 cm³/mol. The van der Waals surface area contributed by atoms with Crippen LogP contribution in [-0.2, 0) is 43.1 Å². The zero-order chi connectivity index (χ0) is 41.2. The molecule has 18 heteroatoms. The van der Waals surface area contributed by atoms with E-state index in [1.807, 2.05) is 6.07 Å². The Hall–Kier alpha value is -6.06. The molecule has 15 nitrogen and oxygen atoms in total. The topological polar surface area (TPSA) is 206 Å². The highest BCUT2D eigenvalue weighted by Gasteiger charge is 2.36. The molecule has 0 spiro atoms. The second-order valence-electron chi connectivity index (χ2n) is 14.0. The number of benzene rings is 2. The Morgan fingerprint density at radius 2 is 1.75 bits per heavy atom. The predicted octanol–water partition coefficient (Wildman–Crippen LogP) is 2.42. The molecule has 5 rings (SSSR count). The van der Waals surface area contributed by atoms with Crippen molar-refractivity contribution in [3.05, 3.63) is 83.0 Å². The molecule has 2 unspecified atom stereocenters. The van der Waals surface area contributed by atoms with Crippen LogP contribution in [0.2, 0.25) is 0 Å². The van der Waals surface area contributed by atoms with Crippen LogP contribution in [0.25, 0.3) is 0 Å². The first kappa shape index (κ1) is 42.1. The van der Waals surface area contributed by atoms with Gasteiger partial charge in [-0.1, -0.05) is 12.1 Å². The van der Waals surface area contributed by atoms with Crippen LogP contribution in [0.1, 0.15) is 54.9 Å². The van der Waals surface area contributed by atoms with Gasteiger partial charge in [-0.2, -0.15) is 18.4 Å². The lowest BCUT2D eigenvalue weighted by Crippen LogP contribution is -2.52. The van der Waals surface area contributed by atoms with Crippen molar-refractivity contribution in [2.24, 2.45) is 0 Å². The van der Waals surface area contributed by atoms with E-state index in [0.717, 1.165) is 68.7 Å². The third-order valence-electron chi connectivity index (χ3n) is 9.45. The third-order valence-corrected chi connectivity index (χ3v) is 9.45. The Labute approximate surface area is 326 Å². The average molecular weight is 793 g/mol. The van der Waals surface area contributed by atoms with E-state index in [2.05, 4.69) is 36.1 Å². The summed E-state index contributed by atoms with van der Waals surface area (Å²) < 4.78 is 45.4. The van der Waals surface area contributed by atoms with Gasteiger partial charge in [0.2, 0.25) is 23.6 Å². The molecule has 57 heavy (non-hydrogen) atoms. The maximum atomic E-state index is 13.3. The summed E-state index contributed by atoms with van der Waals surface area (Å²) >= 11 is 0. The summed E-state index contributed by atoms with van der Waals surface area (Å²) in [5.41, 5.74) is -2.63. The highest BCUT2D eigenvalue weighted by molar-refractivity contribution is 6.01. The summed E-state index contributed by atoms with van der Waals surface area (Å²) in [5, 5.41) is 29.6. The molecule has 2 aliphatic heterocycles. The standard InChI is InChI=1S/C39H43F3N8O7/c1-38(56,37(55)46-28-7-6-27(22-43)30(21-28)39(40,41)42)24-57-29-8-4-25(5-9-29)23-45-33(51)3-2-14-49-15-17-50(18-16-49)32-19-26(12-13-44-32)20-35(53)47-31-10-11-34(52)48-36(31)54/h4-9,12-13,19,21,31,56H,2-3,10-11,14-18,20,23-24H2,1H3,(H,45,51)(H,46,55)(H,47,53)(H,48,52,54). The molecule has 3 heterocycles. The fourth-order valence-electron chi connectivity index (χ4n) is 6.17. The minimum atomic E-state index is -4.81. The number of carbonyl (C=O) groups is 5. The molecular weight excluding hydrogens is 749 g/mol. The van der Waals surface area contributed by atoms with Gasteiger partial charge in [-0.3, -0.25) is 34.2 Å². The summed E-state index contributed by atoms with van der Waals surface area (Å²) in [6, 6.07) is 13.6. The van der Waals surface area contributed by atoms with Crippen LogP contribution >= 0.6 is 0 Å². The van der Waals surface area contributed by atoms with Crippen LogP contribution in [-0.4, -0.2) is 95.5 Å². The molecule has 5 N–H and O–H groups in total. The first-order chi connectivity index (χ1) is 27.1. The number of rotatable bonds is 15. The lowest BCUT2D eigenvalue weighted by molar-refractivity contribution is -0.138. The zero-order valence-electron chi connectivity index (χ0n) is 31.2. The molecule has 0 aliphatic carbocycles. The summed E-state index contributed by atoms with van der Waals surface area (Å²) in [5.74, 6) is -1.19. The smallest absolute Gasteiger partial charge is 0.417 e. The average Bonchev–Trinajstić information content (AvgIpc) is 3.18. The number of amides is 5. The lowest BCUT2D eigenvalue weighted by atomic mass is 10.1. The van der Waals surface area contributed by atoms with Crippen LogP contribution in [0.5, 0.6) is 5.75 Å². The Morgan fingerprint density at radius 3 is 2.44 bits per heavy atom. The molecule has 2 saturated heterocycles. The van der Waals surface area contributed by atoms with Crippen LogP contribution in [0.3, 0.4) is 0 Å². The maximum absolute atomic E-state index is 13.3. The molecule has 2 fully saturated rings. The van der Waals surface area contributed by atoms with Gasteiger partial charge in [0.05, 0.1) is 23.6 Å². The van der Waals surface area contributed by atoms with Crippen molar-refractivity contribution in [1.29, 1.82) is 5.26 Å². The quantitative estimate of drug-likeness (QED) is 0.141. The van der Waals surface area contributed by atoms with Gasteiger partial charge in [-0.25, -0.2) is 4.98 Å². The van der Waals surface area contributed by atoms with E-state index in [1.165, 1.54) is 6.07 Å². The molecule has 0 saturated carbocycles. The molecular formula is C39H43F3N8O7. The van der Waals surface area contributed by atoms with Gasteiger partial charge in [0, 0.05) is 57.4 Å². The molecule has 3 aromatic rings. The van der Waals surface area contributed by atoms with E-state index >= 15 is 0 Å². The Morgan fingerprint density at radius 1 is 1.02 bits per heavy atom. The fraction of sp³-hybridized carbons (Fsp3) is 0.410. The number of aromatic nitrogens is 1. The number of aliphatic hydroxyl groups is 1. The minimum absolute atomic E-state index is 0.0773. The molecule has 5 amide bonds. The van der Waals surface area contributed by atoms with Gasteiger partial charge in [0.25, 0.3) is 5.91 Å². The van der Waals surface area contributed by atoms with Gasteiger partial charge in [-0.15, -0.1) is 0 Å². The summed E-state index contributed by atoms with van der Waals surface area (Å²) in [6.07, 6.45) is -1.62. The van der Waals surface area contributed by atoms with Crippen LogP contribution in [0.4, 0.5) is 24.7 Å². The molecule has 2 aliphatic rings. The number of hydrogen-bond donors (Lipinski definition) is 5. The SMILES string of the molecule is CC(O)(COc1ccc(CNC(=O)CCCN2CCN(c3cc(CC(=O)NC4CCC(=O)NC4=O)ccn3)CC2)cc1)C(=O)Nc1ccc(C#N)c(C(F)(F)F)c1. The number of hydrogen-bond acceptors (Lipinski definition) is 11. The van der Waals surface area contributed by atoms with Gasteiger partial charge in [0.15, 0.2) is 5.60 Å². The second-order valence-corrected chi connectivity index (χ2v) is 14.0. The zero-order valence-corrected chi connectivity index (χ0v) is 31.2. The summed E-state index contributed by atoms with van der Waals surface area (Å²) in [4.78, 5) is 70.0. The number of halogens is 3. The van der Waals surface area contributed by atoms with Crippen molar-refractivity contribution in [2.45, 2.75) is 63.4 Å². The number of piperazine rings is 1. The first-order valence-corrected chi connectivity index (χ1v) is 18.3. The van der Waals surface area contributed by atoms with Crippen molar-refractivity contribution in [3.63, 3.8) is 0 Å². The highest BCUT2D eigenvalue weighted by atomic mass is 19.4. The number of ether oxygens (including phenoxy) is 1. The van der Waals surface area contributed by atoms with Crippen molar-refractivity contribution in [1.82, 2.24) is 25.8 Å². The molecule has 0 bridgehead atoms. The normalized spacial score (nSPS) is 17.1. The number of nitriles is 1. The minimum Gasteiger partial charge on any atom is -0.490 e. The van der Waals surface area contributed by atoms with E-state index in [-0.39, 0.29) is 49.2 Å². The first-order valence-electron chi connectivity index (χ1n) is 18.3. The van der Waals surface area contributed by atoms with E-state index in [4.69, 9.17) is 10.00 Å². The van der Waals surface area contributed by atoms with E-state index in [0.29, 0.717) is 24.7 Å². The second kappa shape index (κ2) is 18.7. The van der Waals surface area contributed by atoms with Gasteiger partial charge in [-0.05, 0) is 79.9 Å². The number of piperidine rings is 1. The number of pyridine rings is 1. The van der Waals surface area contributed by atoms with Crippen molar-refractivity contribution < 1.29 is 47.0 Å². The monoisotopic (exact) mass is 792 g/mol. The Balaban J connectivity index is 0.969. The van der Waals surface area contributed by atoms with Crippen LogP contribution < -0.4 is 30.9 Å². The lowest BCUT2D eigenvalue weighted by Gasteiger charge is -2.35. The van der Waals surface area contributed by atoms with Gasteiger partial charge >= 0.3 is 6.18 Å². The molecule has 2 aromatic carbocycles. The van der Waals surface area contributed by atoms with Crippen molar-refractivity contribution in [2.75, 3.05) is 49.5 Å². The molecule has 1 aromatic heterocycles. The number of imide groups is 1. The number of nitrogens with one attached hydrogen (secondary N) is 4. The van der Waals surface area contributed by atoms with Crippen molar-refractivity contribution >= 4 is 41.0 Å². The third kappa shape index (κ3) is 12.2. The maximum Gasteiger partial charge on any atom is 0.417 e. The molecule has 0 radical (unpaired) electrons. The fourth-order valence-corrected chi connectivity index (χ4v) is 6.17. The van der Waals surface area contributed by atoms with Gasteiger partial charge in [0.1, 0.15) is 24.2 Å². The number of nitrogens with zero attached hydrogens (tertiary/aromatic N) is 4. The molecule has 2 atom stereocenters. The number of carbonyl (C=O) groups excluding carboxylic acids is 5. The largest absolute Gasteiger partial charge is 0.490 e. The van der Waals surface area contributed by atoms with E-state index in [9.17, 15) is 42.3 Å². The van der Waals surface area contributed by atoms with E-state index in [1.54, 1.807) is 36.5 Å². The summed E-state index contributed by atoms with van der Waals surface area (Å²) in [6.45, 7) is 4.65. The summed E-state index contributed by atoms with van der Waals surface area (Å²) in [7, 11) is 0. The van der Waals surface area contributed by atoms with Crippen LogP contribution in [0, 0.1) is 11.3 Å². The number of alkyl halides is 3. The molecule has 302 valence electrons.